The molecular formula is C15H16FN3O. The molecule has 0 atom stereocenters. The fraction of sp³-hybridized carbons (Fsp3) is 0.267. The summed E-state index contributed by atoms with van der Waals surface area (Å²) in [5.74, 6) is 5.08. The summed E-state index contributed by atoms with van der Waals surface area (Å²) in [5, 5.41) is 0. The van der Waals surface area contributed by atoms with E-state index in [9.17, 15) is 9.18 Å². The Bertz CT molecular complexity index is 719. The van der Waals surface area contributed by atoms with Crippen molar-refractivity contribution in [3.63, 3.8) is 0 Å². The monoisotopic (exact) mass is 273 g/mol. The third-order valence-electron chi connectivity index (χ3n) is 2.99. The molecule has 1 aromatic carbocycles. The van der Waals surface area contributed by atoms with Gasteiger partial charge in [-0.2, -0.15) is 0 Å². The Morgan fingerprint density at radius 3 is 2.65 bits per heavy atom. The first-order valence-electron chi connectivity index (χ1n) is 6.38. The van der Waals surface area contributed by atoms with Gasteiger partial charge in [-0.05, 0) is 19.1 Å². The van der Waals surface area contributed by atoms with Gasteiger partial charge in [0.15, 0.2) is 0 Å². The highest BCUT2D eigenvalue weighted by Crippen LogP contribution is 2.11. The van der Waals surface area contributed by atoms with Gasteiger partial charge in [-0.1, -0.05) is 17.9 Å². The zero-order valence-corrected chi connectivity index (χ0v) is 11.3. The summed E-state index contributed by atoms with van der Waals surface area (Å²) in [4.78, 5) is 11.9. The summed E-state index contributed by atoms with van der Waals surface area (Å²) in [6.07, 6.45) is 3.36. The predicted molar refractivity (Wildman–Crippen MR) is 75.8 cm³/mol. The summed E-state index contributed by atoms with van der Waals surface area (Å²) in [7, 11) is 0. The first-order chi connectivity index (χ1) is 9.65. The van der Waals surface area contributed by atoms with Crippen molar-refractivity contribution in [1.29, 1.82) is 0 Å². The number of aromatic nitrogens is 2. The van der Waals surface area contributed by atoms with E-state index in [1.165, 1.54) is 10.6 Å². The van der Waals surface area contributed by atoms with Gasteiger partial charge < -0.3 is 5.73 Å². The van der Waals surface area contributed by atoms with Crippen molar-refractivity contribution >= 4 is 0 Å². The topological polar surface area (TPSA) is 52.9 Å². The van der Waals surface area contributed by atoms with Crippen LogP contribution in [0, 0.1) is 17.7 Å². The second kappa shape index (κ2) is 6.22. The van der Waals surface area contributed by atoms with Crippen LogP contribution in [-0.4, -0.2) is 15.7 Å². The first-order valence-corrected chi connectivity index (χ1v) is 6.38. The molecule has 0 radical (unpaired) electrons. The largest absolute Gasteiger partial charge is 0.328 e. The molecule has 0 aliphatic rings. The molecule has 0 saturated carbocycles. The first kappa shape index (κ1) is 14.1. The third-order valence-corrected chi connectivity index (χ3v) is 2.99. The molecule has 0 aliphatic heterocycles. The molecule has 0 bridgehead atoms. The normalized spacial score (nSPS) is 10.2. The maximum atomic E-state index is 14.0. The van der Waals surface area contributed by atoms with Gasteiger partial charge in [0.05, 0.1) is 13.1 Å². The molecule has 2 rings (SSSR count). The van der Waals surface area contributed by atoms with Gasteiger partial charge in [0.25, 0.3) is 0 Å². The fourth-order valence-electron chi connectivity index (χ4n) is 1.90. The Hall–Kier alpha value is -2.32. The van der Waals surface area contributed by atoms with Crippen LogP contribution in [0.2, 0.25) is 0 Å². The number of hydrogen-bond acceptors (Lipinski definition) is 2. The van der Waals surface area contributed by atoms with E-state index in [1.807, 2.05) is 6.92 Å². The van der Waals surface area contributed by atoms with Crippen LogP contribution in [0.4, 0.5) is 4.39 Å². The molecule has 0 amide bonds. The molecule has 1 aromatic heterocycles. The van der Waals surface area contributed by atoms with Crippen molar-refractivity contribution in [1.82, 2.24) is 9.13 Å². The lowest BCUT2D eigenvalue weighted by molar-refractivity contribution is 0.590. The van der Waals surface area contributed by atoms with Crippen LogP contribution in [0.1, 0.15) is 18.1 Å². The van der Waals surface area contributed by atoms with Crippen molar-refractivity contribution in [2.75, 3.05) is 6.54 Å². The average molecular weight is 273 g/mol. The standard InChI is InChI=1S/C15H16FN3O/c1-2-18-8-9-19(15(18)20)11-13-6-5-12(4-3-7-17)10-14(13)16/h5-6,8-10H,2,7,11,17H2,1H3. The lowest BCUT2D eigenvalue weighted by Gasteiger charge is -2.04. The minimum absolute atomic E-state index is 0.140. The smallest absolute Gasteiger partial charge is 0.320 e. The van der Waals surface area contributed by atoms with Crippen LogP contribution in [0.15, 0.2) is 35.4 Å². The summed E-state index contributed by atoms with van der Waals surface area (Å²) >= 11 is 0. The molecule has 2 N–H and O–H groups in total. The number of rotatable bonds is 3. The van der Waals surface area contributed by atoms with E-state index in [1.54, 1.807) is 29.1 Å². The minimum atomic E-state index is -0.370. The average Bonchev–Trinajstić information content (AvgIpc) is 2.80. The summed E-state index contributed by atoms with van der Waals surface area (Å²) in [6.45, 7) is 2.94. The van der Waals surface area contributed by atoms with Gasteiger partial charge in [-0.3, -0.25) is 9.13 Å². The van der Waals surface area contributed by atoms with Crippen molar-refractivity contribution in [3.8, 4) is 11.8 Å². The quantitative estimate of drug-likeness (QED) is 0.853. The molecule has 0 fully saturated rings. The minimum Gasteiger partial charge on any atom is -0.320 e. The van der Waals surface area contributed by atoms with E-state index in [-0.39, 0.29) is 24.6 Å². The van der Waals surface area contributed by atoms with Crippen molar-refractivity contribution in [2.45, 2.75) is 20.0 Å². The number of hydrogen-bond donors (Lipinski definition) is 1. The van der Waals surface area contributed by atoms with Crippen LogP contribution in [0.5, 0.6) is 0 Å². The second-order valence-corrected chi connectivity index (χ2v) is 4.31. The Kier molecular flexibility index (Phi) is 4.38. The van der Waals surface area contributed by atoms with Gasteiger partial charge in [-0.15, -0.1) is 0 Å². The maximum absolute atomic E-state index is 14.0. The van der Waals surface area contributed by atoms with Gasteiger partial charge in [0, 0.05) is 30.1 Å². The highest BCUT2D eigenvalue weighted by Gasteiger charge is 2.07. The molecule has 0 saturated heterocycles. The molecular weight excluding hydrogens is 257 g/mol. The Labute approximate surface area is 116 Å². The number of imidazole rings is 1. The van der Waals surface area contributed by atoms with E-state index < -0.39 is 0 Å². The molecule has 5 heteroatoms. The van der Waals surface area contributed by atoms with Crippen molar-refractivity contribution in [2.24, 2.45) is 5.73 Å². The van der Waals surface area contributed by atoms with E-state index in [2.05, 4.69) is 11.8 Å². The van der Waals surface area contributed by atoms with Crippen LogP contribution in [0.25, 0.3) is 0 Å². The molecule has 0 aliphatic carbocycles. The Balaban J connectivity index is 2.25. The van der Waals surface area contributed by atoms with Gasteiger partial charge in [0.1, 0.15) is 5.82 Å². The van der Waals surface area contributed by atoms with Crippen LogP contribution < -0.4 is 11.4 Å². The number of nitrogens with zero attached hydrogens (tertiary/aromatic N) is 2. The van der Waals surface area contributed by atoms with E-state index in [4.69, 9.17) is 5.73 Å². The Morgan fingerprint density at radius 1 is 1.30 bits per heavy atom. The number of benzene rings is 1. The summed E-state index contributed by atoms with van der Waals surface area (Å²) in [6, 6.07) is 4.73. The second-order valence-electron chi connectivity index (χ2n) is 4.31. The van der Waals surface area contributed by atoms with E-state index >= 15 is 0 Å². The Morgan fingerprint density at radius 2 is 2.05 bits per heavy atom. The predicted octanol–water partition coefficient (Wildman–Crippen LogP) is 1.17. The number of nitrogens with two attached hydrogens (primary N) is 1. The molecule has 4 nitrogen and oxygen atoms in total. The molecule has 0 spiro atoms. The van der Waals surface area contributed by atoms with Gasteiger partial charge in [0.2, 0.25) is 0 Å². The van der Waals surface area contributed by atoms with Gasteiger partial charge >= 0.3 is 5.69 Å². The zero-order chi connectivity index (χ0) is 14.5. The lowest BCUT2D eigenvalue weighted by Crippen LogP contribution is -2.24. The third kappa shape index (κ3) is 2.98. The van der Waals surface area contributed by atoms with Crippen LogP contribution in [0.3, 0.4) is 0 Å². The molecule has 1 heterocycles. The lowest BCUT2D eigenvalue weighted by atomic mass is 10.1. The number of aryl methyl sites for hydroxylation is 1. The van der Waals surface area contributed by atoms with Crippen LogP contribution in [-0.2, 0) is 13.1 Å². The highest BCUT2D eigenvalue weighted by atomic mass is 19.1. The fourth-order valence-corrected chi connectivity index (χ4v) is 1.90. The van der Waals surface area contributed by atoms with Crippen molar-refractivity contribution < 1.29 is 4.39 Å². The summed E-state index contributed by atoms with van der Waals surface area (Å²) < 4.78 is 17.0. The zero-order valence-electron chi connectivity index (χ0n) is 11.3. The molecule has 0 unspecified atom stereocenters. The molecule has 104 valence electrons. The highest BCUT2D eigenvalue weighted by molar-refractivity contribution is 5.37. The molecule has 20 heavy (non-hydrogen) atoms. The summed E-state index contributed by atoms with van der Waals surface area (Å²) in [5.41, 5.74) is 6.17. The van der Waals surface area contributed by atoms with E-state index in [0.717, 1.165) is 0 Å². The van der Waals surface area contributed by atoms with E-state index in [0.29, 0.717) is 17.7 Å². The van der Waals surface area contributed by atoms with Crippen LogP contribution >= 0.6 is 0 Å². The maximum Gasteiger partial charge on any atom is 0.328 e. The van der Waals surface area contributed by atoms with Gasteiger partial charge in [-0.25, -0.2) is 9.18 Å². The SMILES string of the molecule is CCn1ccn(Cc2ccc(C#CCN)cc2F)c1=O. The van der Waals surface area contributed by atoms with Crippen molar-refractivity contribution in [3.05, 3.63) is 58.0 Å². The number of halogens is 1. The molecule has 2 aromatic rings.